The highest BCUT2D eigenvalue weighted by atomic mass is 16.2. The molecule has 0 radical (unpaired) electrons. The molecule has 0 aliphatic carbocycles. The standard InChI is InChI=1S/C22H18N2O/c1-16(25)24-15-19-12-14-20(17-7-3-2-4-8-17)23-21(19)13-11-18-9-5-6-10-22(18)24/h2-14H,15H2,1H3. The lowest BCUT2D eigenvalue weighted by atomic mass is 10.0. The molecule has 0 saturated heterocycles. The van der Waals surface area contributed by atoms with Gasteiger partial charge in [0.05, 0.1) is 23.6 Å². The molecular weight excluding hydrogens is 308 g/mol. The summed E-state index contributed by atoms with van der Waals surface area (Å²) in [6, 6.07) is 22.2. The van der Waals surface area contributed by atoms with Crippen LogP contribution < -0.4 is 4.90 Å². The van der Waals surface area contributed by atoms with Crippen molar-refractivity contribution < 1.29 is 4.79 Å². The van der Waals surface area contributed by atoms with E-state index in [0.717, 1.165) is 33.8 Å². The van der Waals surface area contributed by atoms with Crippen molar-refractivity contribution in [2.24, 2.45) is 0 Å². The molecule has 1 amide bonds. The van der Waals surface area contributed by atoms with E-state index in [-0.39, 0.29) is 5.91 Å². The van der Waals surface area contributed by atoms with Crippen molar-refractivity contribution in [2.45, 2.75) is 13.5 Å². The topological polar surface area (TPSA) is 33.2 Å². The Morgan fingerprint density at radius 2 is 1.68 bits per heavy atom. The monoisotopic (exact) mass is 326 g/mol. The zero-order valence-corrected chi connectivity index (χ0v) is 14.0. The number of amides is 1. The molecule has 1 aromatic heterocycles. The second-order valence-corrected chi connectivity index (χ2v) is 6.10. The Kier molecular flexibility index (Phi) is 3.90. The van der Waals surface area contributed by atoms with E-state index < -0.39 is 0 Å². The van der Waals surface area contributed by atoms with Gasteiger partial charge < -0.3 is 4.90 Å². The van der Waals surface area contributed by atoms with Crippen molar-refractivity contribution in [1.82, 2.24) is 4.98 Å². The van der Waals surface area contributed by atoms with Gasteiger partial charge >= 0.3 is 0 Å². The van der Waals surface area contributed by atoms with Crippen LogP contribution in [-0.2, 0) is 11.3 Å². The van der Waals surface area contributed by atoms with E-state index in [1.165, 1.54) is 0 Å². The molecule has 1 aliphatic rings. The number of carbonyl (C=O) groups excluding carboxylic acids is 1. The van der Waals surface area contributed by atoms with Crippen LogP contribution in [0.15, 0.2) is 66.7 Å². The largest absolute Gasteiger partial charge is 0.308 e. The minimum absolute atomic E-state index is 0.0286. The summed E-state index contributed by atoms with van der Waals surface area (Å²) in [5.74, 6) is 0.0286. The quantitative estimate of drug-likeness (QED) is 0.644. The summed E-state index contributed by atoms with van der Waals surface area (Å²) < 4.78 is 0. The first kappa shape index (κ1) is 15.3. The summed E-state index contributed by atoms with van der Waals surface area (Å²) >= 11 is 0. The predicted molar refractivity (Wildman–Crippen MR) is 102 cm³/mol. The van der Waals surface area contributed by atoms with Gasteiger partial charge in [0.15, 0.2) is 0 Å². The fourth-order valence-corrected chi connectivity index (χ4v) is 3.13. The number of hydrogen-bond donors (Lipinski definition) is 0. The number of benzene rings is 2. The molecule has 0 saturated carbocycles. The van der Waals surface area contributed by atoms with E-state index in [1.54, 1.807) is 6.92 Å². The van der Waals surface area contributed by atoms with Gasteiger partial charge in [0.2, 0.25) is 5.91 Å². The maximum atomic E-state index is 12.2. The van der Waals surface area contributed by atoms with E-state index >= 15 is 0 Å². The van der Waals surface area contributed by atoms with Gasteiger partial charge in [0.1, 0.15) is 0 Å². The number of nitrogens with zero attached hydrogens (tertiary/aromatic N) is 2. The second-order valence-electron chi connectivity index (χ2n) is 6.10. The summed E-state index contributed by atoms with van der Waals surface area (Å²) in [4.78, 5) is 18.8. The van der Waals surface area contributed by atoms with Crippen LogP contribution in [0.2, 0.25) is 0 Å². The van der Waals surface area contributed by atoms with Crippen LogP contribution in [0.3, 0.4) is 0 Å². The Hall–Kier alpha value is -3.20. The van der Waals surface area contributed by atoms with E-state index in [0.29, 0.717) is 6.54 Å². The fourth-order valence-electron chi connectivity index (χ4n) is 3.13. The van der Waals surface area contributed by atoms with Crippen LogP contribution in [0, 0.1) is 0 Å². The number of rotatable bonds is 1. The van der Waals surface area contributed by atoms with Gasteiger partial charge in [-0.1, -0.05) is 60.7 Å². The number of carbonyl (C=O) groups is 1. The molecule has 0 bridgehead atoms. The van der Waals surface area contributed by atoms with Gasteiger partial charge in [0, 0.05) is 12.5 Å². The normalized spacial score (nSPS) is 12.8. The van der Waals surface area contributed by atoms with E-state index in [2.05, 4.69) is 18.2 Å². The van der Waals surface area contributed by atoms with Crippen LogP contribution in [0.25, 0.3) is 23.4 Å². The number of pyridine rings is 1. The van der Waals surface area contributed by atoms with Crippen molar-refractivity contribution in [3.63, 3.8) is 0 Å². The lowest BCUT2D eigenvalue weighted by Crippen LogP contribution is -2.29. The van der Waals surface area contributed by atoms with Crippen molar-refractivity contribution in [3.05, 3.63) is 83.6 Å². The van der Waals surface area contributed by atoms with Crippen LogP contribution in [0.4, 0.5) is 5.69 Å². The average molecular weight is 326 g/mol. The molecule has 0 unspecified atom stereocenters. The maximum Gasteiger partial charge on any atom is 0.224 e. The van der Waals surface area contributed by atoms with Crippen LogP contribution >= 0.6 is 0 Å². The molecule has 1 aliphatic heterocycles. The second kappa shape index (κ2) is 6.36. The maximum absolute atomic E-state index is 12.2. The van der Waals surface area contributed by atoms with Gasteiger partial charge in [-0.05, 0) is 29.3 Å². The number of fused-ring (bicyclic) bond motifs is 2. The van der Waals surface area contributed by atoms with E-state index in [9.17, 15) is 4.79 Å². The molecule has 25 heavy (non-hydrogen) atoms. The third-order valence-electron chi connectivity index (χ3n) is 4.44. The summed E-state index contributed by atoms with van der Waals surface area (Å²) in [7, 11) is 0. The fraction of sp³-hybridized carbons (Fsp3) is 0.0909. The Balaban J connectivity index is 1.84. The van der Waals surface area contributed by atoms with Crippen molar-refractivity contribution in [3.8, 4) is 11.3 Å². The van der Waals surface area contributed by atoms with Gasteiger partial charge in [-0.3, -0.25) is 4.79 Å². The van der Waals surface area contributed by atoms with E-state index in [1.807, 2.05) is 65.6 Å². The van der Waals surface area contributed by atoms with Crippen molar-refractivity contribution in [1.29, 1.82) is 0 Å². The number of aromatic nitrogens is 1. The minimum Gasteiger partial charge on any atom is -0.308 e. The zero-order chi connectivity index (χ0) is 17.2. The molecule has 3 heteroatoms. The van der Waals surface area contributed by atoms with Crippen LogP contribution in [-0.4, -0.2) is 10.9 Å². The summed E-state index contributed by atoms with van der Waals surface area (Å²) in [5.41, 5.74) is 5.93. The summed E-state index contributed by atoms with van der Waals surface area (Å²) in [6.45, 7) is 2.13. The highest BCUT2D eigenvalue weighted by Gasteiger charge is 2.18. The van der Waals surface area contributed by atoms with E-state index in [4.69, 9.17) is 4.98 Å². The van der Waals surface area contributed by atoms with Gasteiger partial charge in [-0.15, -0.1) is 0 Å². The Bertz CT molecular complexity index is 961. The third kappa shape index (κ3) is 2.96. The van der Waals surface area contributed by atoms with Gasteiger partial charge in [-0.25, -0.2) is 4.98 Å². The summed E-state index contributed by atoms with van der Waals surface area (Å²) in [5, 5.41) is 0. The van der Waals surface area contributed by atoms with Crippen molar-refractivity contribution >= 4 is 23.7 Å². The lowest BCUT2D eigenvalue weighted by molar-refractivity contribution is -0.116. The Labute approximate surface area is 147 Å². The molecule has 2 aromatic carbocycles. The molecule has 0 fully saturated rings. The highest BCUT2D eigenvalue weighted by molar-refractivity contribution is 5.95. The number of hydrogen-bond acceptors (Lipinski definition) is 2. The molecule has 3 aromatic rings. The number of para-hydroxylation sites is 1. The average Bonchev–Trinajstić information content (AvgIpc) is 2.64. The first-order valence-corrected chi connectivity index (χ1v) is 8.33. The zero-order valence-electron chi connectivity index (χ0n) is 14.0. The SMILES string of the molecule is CC(=O)N1Cc2ccc(-c3ccccc3)nc2C=Cc2ccccc21. The molecule has 0 atom stereocenters. The Morgan fingerprint density at radius 3 is 2.48 bits per heavy atom. The smallest absolute Gasteiger partial charge is 0.224 e. The van der Waals surface area contributed by atoms with Gasteiger partial charge in [0.25, 0.3) is 0 Å². The minimum atomic E-state index is 0.0286. The molecular formula is C22H18N2O. The molecule has 3 nitrogen and oxygen atoms in total. The highest BCUT2D eigenvalue weighted by Crippen LogP contribution is 2.29. The first-order chi connectivity index (χ1) is 12.2. The van der Waals surface area contributed by atoms with Crippen LogP contribution in [0.5, 0.6) is 0 Å². The summed E-state index contributed by atoms with van der Waals surface area (Å²) in [6.07, 6.45) is 4.07. The molecule has 2 heterocycles. The molecule has 122 valence electrons. The molecule has 0 N–H and O–H groups in total. The number of anilines is 1. The third-order valence-corrected chi connectivity index (χ3v) is 4.44. The first-order valence-electron chi connectivity index (χ1n) is 8.33. The van der Waals surface area contributed by atoms with Crippen LogP contribution in [0.1, 0.15) is 23.7 Å². The molecule has 4 rings (SSSR count). The lowest BCUT2D eigenvalue weighted by Gasteiger charge is -2.25. The van der Waals surface area contributed by atoms with Crippen molar-refractivity contribution in [2.75, 3.05) is 4.90 Å². The molecule has 0 spiro atoms. The Morgan fingerprint density at radius 1 is 0.920 bits per heavy atom. The van der Waals surface area contributed by atoms with Gasteiger partial charge in [-0.2, -0.15) is 0 Å². The predicted octanol–water partition coefficient (Wildman–Crippen LogP) is 4.79.